The van der Waals surface area contributed by atoms with Crippen LogP contribution in [0.15, 0.2) is 10.5 Å². The van der Waals surface area contributed by atoms with Gasteiger partial charge in [-0.15, -0.1) is 15.6 Å². The number of nitrogen functional groups attached to an aromatic ring is 1. The number of aldehydes is 1. The van der Waals surface area contributed by atoms with Crippen LogP contribution < -0.4 is 5.73 Å². The Labute approximate surface area is 166 Å². The summed E-state index contributed by atoms with van der Waals surface area (Å²) in [6, 6.07) is 0. The van der Waals surface area contributed by atoms with E-state index in [1.54, 1.807) is 0 Å². The van der Waals surface area contributed by atoms with Gasteiger partial charge in [-0.05, 0) is 13.7 Å². The zero-order chi connectivity index (χ0) is 25.4. The van der Waals surface area contributed by atoms with Gasteiger partial charge >= 0.3 is 10.4 Å². The standard InChI is InChI=1S/C13H16N4O8S2/c1-13(2)7(11(20)17(13)25-27(21,22)23)5-9(19)10(16-24-4-3-18)8-6-26-12(14)15-8/h3,6-7H,4-5H2,1-2H3,(H2,14,15)(H,21,22,23)/b16-10-/t7-/m1/s1/i1D3,2D3. The Morgan fingerprint density at radius 1 is 1.63 bits per heavy atom. The summed E-state index contributed by atoms with van der Waals surface area (Å²) in [5.41, 5.74) is 1.42. The molecule has 1 atom stereocenters. The number of carbonyl (C=O) groups excluding carboxylic acids is 3. The summed E-state index contributed by atoms with van der Waals surface area (Å²) >= 11 is 0.882. The first-order chi connectivity index (χ1) is 15.0. The lowest BCUT2D eigenvalue weighted by Crippen LogP contribution is -2.68. The molecule has 1 saturated heterocycles. The van der Waals surface area contributed by atoms with Crippen molar-refractivity contribution in [1.29, 1.82) is 0 Å². The molecule has 27 heavy (non-hydrogen) atoms. The zero-order valence-corrected chi connectivity index (χ0v) is 14.8. The Morgan fingerprint density at radius 2 is 2.33 bits per heavy atom. The molecule has 2 heterocycles. The predicted octanol–water partition coefficient (Wildman–Crippen LogP) is -0.424. The normalized spacial score (nSPS) is 23.7. The van der Waals surface area contributed by atoms with Crippen molar-refractivity contribution in [3.8, 4) is 0 Å². The number of oxime groups is 1. The van der Waals surface area contributed by atoms with Gasteiger partial charge in [0.25, 0.3) is 5.91 Å². The number of rotatable bonds is 9. The Balaban J connectivity index is 2.53. The molecule has 0 radical (unpaired) electrons. The summed E-state index contributed by atoms with van der Waals surface area (Å²) in [4.78, 5) is 44.3. The van der Waals surface area contributed by atoms with Gasteiger partial charge in [0.05, 0.1) is 11.5 Å². The number of carbonyl (C=O) groups is 3. The number of hydrogen-bond donors (Lipinski definition) is 2. The molecule has 3 N–H and O–H groups in total. The van der Waals surface area contributed by atoms with Gasteiger partial charge in [0.1, 0.15) is 5.69 Å². The third-order valence-electron chi connectivity index (χ3n) is 3.21. The topological polar surface area (TPSA) is 179 Å². The fourth-order valence-corrected chi connectivity index (χ4v) is 2.97. The smallest absolute Gasteiger partial charge is 0.387 e. The lowest BCUT2D eigenvalue weighted by Gasteiger charge is -2.50. The zero-order valence-electron chi connectivity index (χ0n) is 19.2. The van der Waals surface area contributed by atoms with Crippen LogP contribution in [0.2, 0.25) is 0 Å². The number of nitrogens with zero attached hydrogens (tertiary/aromatic N) is 3. The van der Waals surface area contributed by atoms with E-state index in [1.165, 1.54) is 5.38 Å². The van der Waals surface area contributed by atoms with E-state index in [2.05, 4.69) is 19.3 Å². The van der Waals surface area contributed by atoms with E-state index in [0.717, 1.165) is 11.3 Å². The summed E-state index contributed by atoms with van der Waals surface area (Å²) in [7, 11) is -5.51. The van der Waals surface area contributed by atoms with E-state index in [1.807, 2.05) is 0 Å². The first kappa shape index (κ1) is 13.7. The van der Waals surface area contributed by atoms with E-state index in [4.69, 9.17) is 18.5 Å². The predicted molar refractivity (Wildman–Crippen MR) is 91.8 cm³/mol. The third kappa shape index (κ3) is 4.65. The molecule has 1 aromatic rings. The van der Waals surface area contributed by atoms with E-state index in [-0.39, 0.29) is 10.8 Å². The van der Waals surface area contributed by atoms with Crippen molar-refractivity contribution in [3.63, 3.8) is 0 Å². The van der Waals surface area contributed by atoms with Crippen LogP contribution in [0.5, 0.6) is 0 Å². The average Bonchev–Trinajstić information content (AvgIpc) is 3.06. The molecule has 0 saturated carbocycles. The molecule has 1 aliphatic rings. The lowest BCUT2D eigenvalue weighted by molar-refractivity contribution is -0.228. The van der Waals surface area contributed by atoms with Crippen LogP contribution in [-0.4, -0.2) is 58.9 Å². The minimum absolute atomic E-state index is 0.00679. The fourth-order valence-electron chi connectivity index (χ4n) is 2.05. The number of thiazole rings is 1. The summed E-state index contributed by atoms with van der Waals surface area (Å²) in [6.07, 6.45) is -0.809. The Bertz CT molecular complexity index is 1070. The largest absolute Gasteiger partial charge is 0.418 e. The molecular weight excluding hydrogens is 404 g/mol. The van der Waals surface area contributed by atoms with E-state index < -0.39 is 71.1 Å². The molecule has 0 bridgehead atoms. The van der Waals surface area contributed by atoms with Crippen molar-refractivity contribution < 1.29 is 44.7 Å². The maximum Gasteiger partial charge on any atom is 0.418 e. The first-order valence-electron chi connectivity index (χ1n) is 9.86. The van der Waals surface area contributed by atoms with Crippen LogP contribution in [0.1, 0.15) is 34.0 Å². The summed E-state index contributed by atoms with van der Waals surface area (Å²) < 4.78 is 81.3. The number of anilines is 1. The highest BCUT2D eigenvalue weighted by atomic mass is 32.3. The summed E-state index contributed by atoms with van der Waals surface area (Å²) in [6.45, 7) is -7.81. The van der Waals surface area contributed by atoms with Gasteiger partial charge in [-0.25, -0.2) is 4.98 Å². The minimum atomic E-state index is -5.51. The second-order valence-electron chi connectivity index (χ2n) is 5.05. The summed E-state index contributed by atoms with van der Waals surface area (Å²) in [5.74, 6) is -4.80. The molecule has 0 aliphatic carbocycles. The highest BCUT2D eigenvalue weighted by Crippen LogP contribution is 2.40. The molecule has 2 rings (SSSR count). The SMILES string of the molecule is [2H]C([2H])([2H])C1(C([2H])([2H])[2H])[C@H](CC(=O)/C(=N\OCC=O)c2csc(N)n2)C(=O)N1OS(=O)(=O)O. The second kappa shape index (κ2) is 7.67. The number of ketones is 1. The van der Waals surface area contributed by atoms with Gasteiger partial charge in [-0.2, -0.15) is 13.5 Å². The van der Waals surface area contributed by atoms with Crippen molar-refractivity contribution in [3.05, 3.63) is 11.1 Å². The van der Waals surface area contributed by atoms with Crippen LogP contribution in [0, 0.1) is 5.92 Å². The number of amides is 1. The van der Waals surface area contributed by atoms with Crippen LogP contribution in [-0.2, 0) is 33.9 Å². The Kier molecular flexibility index (Phi) is 3.90. The van der Waals surface area contributed by atoms with E-state index >= 15 is 0 Å². The van der Waals surface area contributed by atoms with Gasteiger partial charge in [0.2, 0.25) is 0 Å². The minimum Gasteiger partial charge on any atom is -0.387 e. The maximum atomic E-state index is 12.9. The molecule has 1 amide bonds. The first-order valence-corrected chi connectivity index (χ1v) is 9.11. The molecule has 1 aliphatic heterocycles. The number of Topliss-reactive ketones (excluding diaryl/α,β-unsaturated/α-hetero) is 1. The van der Waals surface area contributed by atoms with Crippen molar-refractivity contribution in [1.82, 2.24) is 10.0 Å². The number of hydroxylamine groups is 2. The number of hydrogen-bond acceptors (Lipinski definition) is 11. The van der Waals surface area contributed by atoms with Gasteiger partial charge in [-0.3, -0.25) is 18.9 Å². The molecule has 0 spiro atoms. The highest BCUT2D eigenvalue weighted by Gasteiger charge is 2.57. The van der Waals surface area contributed by atoms with Crippen LogP contribution in [0.4, 0.5) is 5.13 Å². The van der Waals surface area contributed by atoms with Crippen LogP contribution >= 0.6 is 11.3 Å². The molecule has 0 unspecified atom stereocenters. The quantitative estimate of drug-likeness (QED) is 0.131. The number of aromatic nitrogens is 1. The Morgan fingerprint density at radius 3 is 2.85 bits per heavy atom. The Hall–Kier alpha value is -2.42. The average molecular weight is 426 g/mol. The van der Waals surface area contributed by atoms with Crippen LogP contribution in [0.3, 0.4) is 0 Å². The monoisotopic (exact) mass is 426 g/mol. The fraction of sp³-hybridized carbons (Fsp3) is 0.462. The van der Waals surface area contributed by atoms with E-state index in [0.29, 0.717) is 6.29 Å². The molecule has 148 valence electrons. The molecule has 1 fully saturated rings. The number of β-lactam (4-membered cyclic amide) rings is 1. The van der Waals surface area contributed by atoms with Crippen molar-refractivity contribution in [2.24, 2.45) is 11.1 Å². The van der Waals surface area contributed by atoms with Crippen molar-refractivity contribution in [2.75, 3.05) is 12.3 Å². The molecule has 0 aromatic carbocycles. The maximum absolute atomic E-state index is 12.9. The van der Waals surface area contributed by atoms with Crippen molar-refractivity contribution in [2.45, 2.75) is 25.7 Å². The highest BCUT2D eigenvalue weighted by molar-refractivity contribution is 7.80. The van der Waals surface area contributed by atoms with Crippen molar-refractivity contribution >= 4 is 50.6 Å². The number of nitrogens with two attached hydrogens (primary N) is 1. The summed E-state index contributed by atoms with van der Waals surface area (Å²) in [5, 5.41) is 4.20. The van der Waals surface area contributed by atoms with E-state index in [9.17, 15) is 22.8 Å². The molecule has 1 aromatic heterocycles. The van der Waals surface area contributed by atoms with Crippen LogP contribution in [0.25, 0.3) is 0 Å². The molecule has 12 nitrogen and oxygen atoms in total. The van der Waals surface area contributed by atoms with Gasteiger partial charge < -0.3 is 10.6 Å². The van der Waals surface area contributed by atoms with Gasteiger partial charge in [-0.1, -0.05) is 5.16 Å². The van der Waals surface area contributed by atoms with Gasteiger partial charge in [0, 0.05) is 20.0 Å². The molecule has 14 heteroatoms. The lowest BCUT2D eigenvalue weighted by atomic mass is 9.74. The second-order valence-corrected chi connectivity index (χ2v) is 6.95. The third-order valence-corrected chi connectivity index (χ3v) is 4.22. The molecular formula is C13H16N4O8S2. The van der Waals surface area contributed by atoms with Gasteiger partial charge in [0.15, 0.2) is 29.5 Å².